The van der Waals surface area contributed by atoms with Crippen LogP contribution in [-0.2, 0) is 0 Å². The number of nitrogens with zero attached hydrogens (tertiary/aromatic N) is 2. The highest BCUT2D eigenvalue weighted by atomic mass is 16.5. The van der Waals surface area contributed by atoms with Gasteiger partial charge in [0.05, 0.1) is 13.3 Å². The SMILES string of the molecule is COc1cccc2ncc(C(N)=O)n12. The molecule has 0 aliphatic heterocycles. The molecule has 5 nitrogen and oxygen atoms in total. The number of methoxy groups -OCH3 is 1. The monoisotopic (exact) mass is 191 g/mol. The van der Waals surface area contributed by atoms with Crippen molar-refractivity contribution >= 4 is 11.6 Å². The van der Waals surface area contributed by atoms with Crippen LogP contribution in [0, 0.1) is 0 Å². The quantitative estimate of drug-likeness (QED) is 0.748. The summed E-state index contributed by atoms with van der Waals surface area (Å²) >= 11 is 0. The molecule has 5 heteroatoms. The van der Waals surface area contributed by atoms with Gasteiger partial charge in [0.25, 0.3) is 5.91 Å². The van der Waals surface area contributed by atoms with Gasteiger partial charge in [-0.15, -0.1) is 0 Å². The Morgan fingerprint density at radius 3 is 3.00 bits per heavy atom. The third kappa shape index (κ3) is 1.10. The Morgan fingerprint density at radius 2 is 2.36 bits per heavy atom. The number of aromatic nitrogens is 2. The summed E-state index contributed by atoms with van der Waals surface area (Å²) in [5.41, 5.74) is 6.15. The fourth-order valence-electron chi connectivity index (χ4n) is 1.34. The number of rotatable bonds is 2. The third-order valence-electron chi connectivity index (χ3n) is 1.96. The van der Waals surface area contributed by atoms with Crippen molar-refractivity contribution in [2.75, 3.05) is 7.11 Å². The van der Waals surface area contributed by atoms with Gasteiger partial charge in [-0.3, -0.25) is 9.20 Å². The summed E-state index contributed by atoms with van der Waals surface area (Å²) < 4.78 is 6.66. The Hall–Kier alpha value is -2.04. The first-order valence-corrected chi connectivity index (χ1v) is 4.04. The van der Waals surface area contributed by atoms with Crippen molar-refractivity contribution in [1.82, 2.24) is 9.38 Å². The molecule has 2 aromatic heterocycles. The number of amides is 1. The number of hydrogen-bond donors (Lipinski definition) is 1. The standard InChI is InChI=1S/C9H9N3O2/c1-14-8-4-2-3-7-11-5-6(9(10)13)12(7)8/h2-5H,1H3,(H2,10,13). The van der Waals surface area contributed by atoms with E-state index in [0.717, 1.165) is 0 Å². The Bertz CT molecular complexity index is 490. The van der Waals surface area contributed by atoms with Gasteiger partial charge in [0.1, 0.15) is 11.3 Å². The van der Waals surface area contributed by atoms with Crippen molar-refractivity contribution < 1.29 is 9.53 Å². The summed E-state index contributed by atoms with van der Waals surface area (Å²) in [7, 11) is 1.53. The average Bonchev–Trinajstić information content (AvgIpc) is 2.60. The molecule has 2 N–H and O–H groups in total. The van der Waals surface area contributed by atoms with Gasteiger partial charge in [0.2, 0.25) is 0 Å². The van der Waals surface area contributed by atoms with Crippen LogP contribution >= 0.6 is 0 Å². The average molecular weight is 191 g/mol. The molecule has 0 aliphatic carbocycles. The molecule has 1 amide bonds. The zero-order valence-electron chi connectivity index (χ0n) is 7.60. The topological polar surface area (TPSA) is 69.6 Å². The molecule has 0 fully saturated rings. The normalized spacial score (nSPS) is 10.4. The van der Waals surface area contributed by atoms with Gasteiger partial charge in [-0.05, 0) is 12.1 Å². The van der Waals surface area contributed by atoms with E-state index < -0.39 is 5.91 Å². The summed E-state index contributed by atoms with van der Waals surface area (Å²) in [6.45, 7) is 0. The molecular formula is C9H9N3O2. The highest BCUT2D eigenvalue weighted by Crippen LogP contribution is 2.16. The molecule has 72 valence electrons. The van der Waals surface area contributed by atoms with Gasteiger partial charge in [0, 0.05) is 0 Å². The lowest BCUT2D eigenvalue weighted by atomic mass is 10.4. The summed E-state index contributed by atoms with van der Waals surface area (Å²) in [5, 5.41) is 0. The second-order valence-corrected chi connectivity index (χ2v) is 2.77. The van der Waals surface area contributed by atoms with E-state index in [1.165, 1.54) is 13.3 Å². The molecule has 14 heavy (non-hydrogen) atoms. The lowest BCUT2D eigenvalue weighted by Crippen LogP contribution is -2.14. The van der Waals surface area contributed by atoms with Crippen molar-refractivity contribution in [2.45, 2.75) is 0 Å². The summed E-state index contributed by atoms with van der Waals surface area (Å²) in [6.07, 6.45) is 1.43. The number of hydrogen-bond acceptors (Lipinski definition) is 3. The van der Waals surface area contributed by atoms with Gasteiger partial charge < -0.3 is 10.5 Å². The molecule has 2 aromatic rings. The van der Waals surface area contributed by atoms with Crippen LogP contribution in [-0.4, -0.2) is 22.4 Å². The van der Waals surface area contributed by atoms with E-state index in [1.54, 1.807) is 22.6 Å². The van der Waals surface area contributed by atoms with Crippen LogP contribution in [0.25, 0.3) is 5.65 Å². The fraction of sp³-hybridized carbons (Fsp3) is 0.111. The number of pyridine rings is 1. The van der Waals surface area contributed by atoms with E-state index in [2.05, 4.69) is 4.98 Å². The molecule has 0 spiro atoms. The summed E-state index contributed by atoms with van der Waals surface area (Å²) in [5.74, 6) is 0.0100. The number of carbonyl (C=O) groups is 1. The number of imidazole rings is 1. The van der Waals surface area contributed by atoms with Crippen molar-refractivity contribution in [3.8, 4) is 5.88 Å². The zero-order valence-corrected chi connectivity index (χ0v) is 7.60. The maximum atomic E-state index is 11.1. The van der Waals surface area contributed by atoms with Crippen LogP contribution in [0.1, 0.15) is 10.5 Å². The van der Waals surface area contributed by atoms with E-state index >= 15 is 0 Å². The smallest absolute Gasteiger partial charge is 0.267 e. The zero-order chi connectivity index (χ0) is 10.1. The first-order valence-electron chi connectivity index (χ1n) is 4.04. The Morgan fingerprint density at radius 1 is 1.57 bits per heavy atom. The first kappa shape index (κ1) is 8.55. The van der Waals surface area contributed by atoms with E-state index in [-0.39, 0.29) is 0 Å². The van der Waals surface area contributed by atoms with Gasteiger partial charge in [-0.2, -0.15) is 0 Å². The van der Waals surface area contributed by atoms with Crippen molar-refractivity contribution in [1.29, 1.82) is 0 Å². The number of ether oxygens (including phenoxy) is 1. The second-order valence-electron chi connectivity index (χ2n) is 2.77. The first-order chi connectivity index (χ1) is 6.74. The molecule has 0 atom stereocenters. The predicted molar refractivity (Wildman–Crippen MR) is 50.3 cm³/mol. The lowest BCUT2D eigenvalue weighted by Gasteiger charge is -2.04. The summed E-state index contributed by atoms with van der Waals surface area (Å²) in [4.78, 5) is 15.1. The minimum Gasteiger partial charge on any atom is -0.482 e. The van der Waals surface area contributed by atoms with Crippen LogP contribution in [0.5, 0.6) is 5.88 Å². The van der Waals surface area contributed by atoms with Gasteiger partial charge >= 0.3 is 0 Å². The van der Waals surface area contributed by atoms with Gasteiger partial charge in [0.15, 0.2) is 5.88 Å². The Balaban J connectivity index is 2.81. The maximum Gasteiger partial charge on any atom is 0.267 e. The van der Waals surface area contributed by atoms with Gasteiger partial charge in [-0.25, -0.2) is 4.98 Å². The number of fused-ring (bicyclic) bond motifs is 1. The molecular weight excluding hydrogens is 182 g/mol. The largest absolute Gasteiger partial charge is 0.482 e. The van der Waals surface area contributed by atoms with Crippen LogP contribution in [0.2, 0.25) is 0 Å². The molecule has 2 rings (SSSR count). The van der Waals surface area contributed by atoms with Gasteiger partial charge in [-0.1, -0.05) is 6.07 Å². The highest BCUT2D eigenvalue weighted by Gasteiger charge is 2.11. The molecule has 2 heterocycles. The molecule has 0 unspecified atom stereocenters. The van der Waals surface area contributed by atoms with Crippen LogP contribution in [0.3, 0.4) is 0 Å². The predicted octanol–water partition coefficient (Wildman–Crippen LogP) is 0.442. The van der Waals surface area contributed by atoms with Crippen LogP contribution in [0.15, 0.2) is 24.4 Å². The molecule has 0 radical (unpaired) electrons. The molecule has 0 aromatic carbocycles. The summed E-state index contributed by atoms with van der Waals surface area (Å²) in [6, 6.07) is 5.31. The van der Waals surface area contributed by atoms with E-state index in [9.17, 15) is 4.79 Å². The Labute approximate surface area is 80.1 Å². The molecule has 0 saturated heterocycles. The van der Waals surface area contributed by atoms with E-state index in [4.69, 9.17) is 10.5 Å². The Kier molecular flexibility index (Phi) is 1.85. The van der Waals surface area contributed by atoms with Crippen molar-refractivity contribution in [3.63, 3.8) is 0 Å². The van der Waals surface area contributed by atoms with Crippen LogP contribution in [0.4, 0.5) is 0 Å². The number of nitrogens with two attached hydrogens (primary N) is 1. The van der Waals surface area contributed by atoms with Crippen molar-refractivity contribution in [2.24, 2.45) is 5.73 Å². The number of carbonyl (C=O) groups excluding carboxylic acids is 1. The number of primary amides is 1. The van der Waals surface area contributed by atoms with Crippen LogP contribution < -0.4 is 10.5 Å². The van der Waals surface area contributed by atoms with E-state index in [1.807, 2.05) is 0 Å². The molecule has 0 saturated carbocycles. The van der Waals surface area contributed by atoms with Crippen molar-refractivity contribution in [3.05, 3.63) is 30.1 Å². The highest BCUT2D eigenvalue weighted by molar-refractivity contribution is 5.92. The fourth-order valence-corrected chi connectivity index (χ4v) is 1.34. The maximum absolute atomic E-state index is 11.1. The second kappa shape index (κ2) is 3.02. The third-order valence-corrected chi connectivity index (χ3v) is 1.96. The molecule has 0 aliphatic rings. The van der Waals surface area contributed by atoms with E-state index in [0.29, 0.717) is 17.2 Å². The lowest BCUT2D eigenvalue weighted by molar-refractivity contribution is 0.0994. The molecule has 0 bridgehead atoms. The minimum absolute atomic E-state index is 0.317. The minimum atomic E-state index is -0.526.